The van der Waals surface area contributed by atoms with E-state index in [1.807, 2.05) is 12.3 Å². The van der Waals surface area contributed by atoms with E-state index in [1.54, 1.807) is 25.3 Å². The molecule has 21 heavy (non-hydrogen) atoms. The molecule has 0 aliphatic rings. The van der Waals surface area contributed by atoms with Crippen molar-refractivity contribution in [3.05, 3.63) is 51.2 Å². The third-order valence-corrected chi connectivity index (χ3v) is 4.11. The molecule has 0 saturated heterocycles. The molecule has 0 amide bonds. The Labute approximate surface area is 132 Å². The summed E-state index contributed by atoms with van der Waals surface area (Å²) in [5, 5.41) is 10.4. The van der Waals surface area contributed by atoms with Crippen molar-refractivity contribution >= 4 is 34.4 Å². The van der Waals surface area contributed by atoms with Crippen LogP contribution in [0.3, 0.4) is 0 Å². The van der Waals surface area contributed by atoms with Crippen LogP contribution in [0.25, 0.3) is 0 Å². The third-order valence-electron chi connectivity index (χ3n) is 2.89. The lowest BCUT2D eigenvalue weighted by atomic mass is 10.1. The molecular weight excluding hydrogens is 309 g/mol. The minimum absolute atomic E-state index is 0.0961. The van der Waals surface area contributed by atoms with E-state index in [-0.39, 0.29) is 11.1 Å². The zero-order valence-corrected chi connectivity index (χ0v) is 13.3. The number of rotatable bonds is 5. The third kappa shape index (κ3) is 3.95. The van der Waals surface area contributed by atoms with Gasteiger partial charge in [-0.05, 0) is 25.5 Å². The van der Waals surface area contributed by atoms with Gasteiger partial charge in [-0.1, -0.05) is 23.7 Å². The lowest BCUT2D eigenvalue weighted by molar-refractivity contribution is 0.623. The number of hydrogen-bond acceptors (Lipinski definition) is 4. The summed E-state index contributed by atoms with van der Waals surface area (Å²) >= 11 is 7.47. The molecule has 0 spiro atoms. The number of benzene rings is 1. The number of halogens is 2. The van der Waals surface area contributed by atoms with Crippen molar-refractivity contribution < 1.29 is 4.39 Å². The van der Waals surface area contributed by atoms with Crippen LogP contribution >= 0.6 is 22.9 Å². The van der Waals surface area contributed by atoms with Gasteiger partial charge in [0.05, 0.1) is 16.8 Å². The predicted octanol–water partition coefficient (Wildman–Crippen LogP) is 4.92. The van der Waals surface area contributed by atoms with E-state index in [1.165, 1.54) is 17.4 Å². The highest BCUT2D eigenvalue weighted by Gasteiger charge is 2.15. The zero-order chi connectivity index (χ0) is 15.4. The number of nitrogens with one attached hydrogen (secondary N) is 1. The first kappa shape index (κ1) is 15.8. The second-order valence-corrected chi connectivity index (χ2v) is 5.96. The Hall–Kier alpha value is -1.59. The van der Waals surface area contributed by atoms with Gasteiger partial charge in [0, 0.05) is 23.7 Å². The molecule has 0 radical (unpaired) electrons. The largest absolute Gasteiger partial charge is 0.310 e. The normalized spacial score (nSPS) is 13.2. The summed E-state index contributed by atoms with van der Waals surface area (Å²) in [5.74, 6) is -0.449. The molecule has 0 unspecified atom stereocenters. The summed E-state index contributed by atoms with van der Waals surface area (Å²) < 4.78 is 13.5. The van der Waals surface area contributed by atoms with Gasteiger partial charge >= 0.3 is 0 Å². The minimum Gasteiger partial charge on any atom is -0.310 e. The maximum absolute atomic E-state index is 13.5. The molecule has 1 aromatic carbocycles. The first-order chi connectivity index (χ1) is 9.99. The van der Waals surface area contributed by atoms with E-state index in [4.69, 9.17) is 17.0 Å². The minimum atomic E-state index is -0.449. The predicted molar refractivity (Wildman–Crippen MR) is 86.5 cm³/mol. The first-order valence-electron chi connectivity index (χ1n) is 6.43. The highest BCUT2D eigenvalue weighted by molar-refractivity contribution is 7.11. The average Bonchev–Trinajstić information content (AvgIpc) is 2.94. The van der Waals surface area contributed by atoms with Gasteiger partial charge < -0.3 is 5.41 Å². The average molecular weight is 324 g/mol. The Balaban J connectivity index is 2.37. The molecule has 2 aromatic rings. The molecule has 1 heterocycles. The van der Waals surface area contributed by atoms with Crippen LogP contribution in [0.2, 0.25) is 5.02 Å². The van der Waals surface area contributed by atoms with Crippen molar-refractivity contribution in [1.29, 1.82) is 5.41 Å². The first-order valence-corrected chi connectivity index (χ1v) is 7.69. The fraction of sp³-hybridized carbons (Fsp3) is 0.267. The van der Waals surface area contributed by atoms with Crippen molar-refractivity contribution in [3.63, 3.8) is 0 Å². The second-order valence-electron chi connectivity index (χ2n) is 4.69. The van der Waals surface area contributed by atoms with E-state index in [0.29, 0.717) is 17.7 Å². The van der Waals surface area contributed by atoms with E-state index in [2.05, 4.69) is 9.98 Å². The van der Waals surface area contributed by atoms with Gasteiger partial charge in [0.2, 0.25) is 0 Å². The zero-order valence-electron chi connectivity index (χ0n) is 11.7. The van der Waals surface area contributed by atoms with Crippen LogP contribution in [0.15, 0.2) is 34.8 Å². The molecule has 1 N–H and O–H groups in total. The molecule has 0 aliphatic carbocycles. The van der Waals surface area contributed by atoms with Gasteiger partial charge in [0.25, 0.3) is 0 Å². The Morgan fingerprint density at radius 3 is 2.90 bits per heavy atom. The van der Waals surface area contributed by atoms with Crippen molar-refractivity contribution in [2.45, 2.75) is 26.3 Å². The van der Waals surface area contributed by atoms with Crippen molar-refractivity contribution in [2.24, 2.45) is 4.99 Å². The summed E-state index contributed by atoms with van der Waals surface area (Å²) in [5.41, 5.74) is 1.86. The lowest BCUT2D eigenvalue weighted by Crippen LogP contribution is -2.08. The van der Waals surface area contributed by atoms with Crippen LogP contribution in [-0.4, -0.2) is 16.4 Å². The topological polar surface area (TPSA) is 49.1 Å². The Kier molecular flexibility index (Phi) is 5.20. The molecule has 0 fully saturated rings. The van der Waals surface area contributed by atoms with Gasteiger partial charge in [0.1, 0.15) is 10.8 Å². The SMILES string of the molecule is CC(=N)CC(=N[C@H](C)c1cccc(F)c1Cl)c1nccs1. The van der Waals surface area contributed by atoms with Crippen molar-refractivity contribution in [2.75, 3.05) is 0 Å². The number of aliphatic imine (C=N–C) groups is 1. The summed E-state index contributed by atoms with van der Waals surface area (Å²) in [6.07, 6.45) is 2.12. The Morgan fingerprint density at radius 1 is 1.52 bits per heavy atom. The molecule has 0 aliphatic heterocycles. The van der Waals surface area contributed by atoms with Gasteiger partial charge in [-0.2, -0.15) is 0 Å². The molecule has 1 aromatic heterocycles. The molecule has 0 saturated carbocycles. The summed E-state index contributed by atoms with van der Waals surface area (Å²) in [6, 6.07) is 4.40. The van der Waals surface area contributed by atoms with Crippen LogP contribution in [0.4, 0.5) is 4.39 Å². The second kappa shape index (κ2) is 6.91. The molecule has 3 nitrogen and oxygen atoms in total. The van der Waals surface area contributed by atoms with E-state index < -0.39 is 5.82 Å². The van der Waals surface area contributed by atoms with Crippen LogP contribution in [-0.2, 0) is 0 Å². The van der Waals surface area contributed by atoms with E-state index in [9.17, 15) is 4.39 Å². The Morgan fingerprint density at radius 2 is 2.29 bits per heavy atom. The number of hydrogen-bond donors (Lipinski definition) is 1. The lowest BCUT2D eigenvalue weighted by Gasteiger charge is -2.12. The van der Waals surface area contributed by atoms with Gasteiger partial charge in [-0.25, -0.2) is 9.37 Å². The highest BCUT2D eigenvalue weighted by Crippen LogP contribution is 2.28. The van der Waals surface area contributed by atoms with Crippen LogP contribution < -0.4 is 0 Å². The molecule has 6 heteroatoms. The van der Waals surface area contributed by atoms with Crippen molar-refractivity contribution in [3.8, 4) is 0 Å². The highest BCUT2D eigenvalue weighted by atomic mass is 35.5. The van der Waals surface area contributed by atoms with Gasteiger partial charge in [-0.15, -0.1) is 11.3 Å². The van der Waals surface area contributed by atoms with Gasteiger partial charge in [-0.3, -0.25) is 4.99 Å². The number of aromatic nitrogens is 1. The monoisotopic (exact) mass is 323 g/mol. The quantitative estimate of drug-likeness (QED) is 0.780. The molecule has 2 rings (SSSR count). The van der Waals surface area contributed by atoms with Crippen LogP contribution in [0.1, 0.15) is 36.9 Å². The standard InChI is InChI=1S/C15H15ClFN3S/c1-9(18)8-13(15-19-6-7-21-15)20-10(2)11-4-3-5-12(17)14(11)16/h3-7,10,18H,8H2,1-2H3/t10-/m1/s1. The van der Waals surface area contributed by atoms with Crippen LogP contribution in [0, 0.1) is 11.2 Å². The summed E-state index contributed by atoms with van der Waals surface area (Å²) in [6.45, 7) is 3.58. The molecular formula is C15H15ClFN3S. The van der Waals surface area contributed by atoms with Gasteiger partial charge in [0.15, 0.2) is 0 Å². The van der Waals surface area contributed by atoms with Crippen LogP contribution in [0.5, 0.6) is 0 Å². The Bertz CT molecular complexity index is 668. The van der Waals surface area contributed by atoms with E-state index >= 15 is 0 Å². The maximum Gasteiger partial charge on any atom is 0.142 e. The maximum atomic E-state index is 13.5. The number of thiazole rings is 1. The van der Waals surface area contributed by atoms with Crippen molar-refractivity contribution in [1.82, 2.24) is 4.98 Å². The summed E-state index contributed by atoms with van der Waals surface area (Å²) in [7, 11) is 0. The fourth-order valence-electron chi connectivity index (χ4n) is 1.94. The van der Waals surface area contributed by atoms with E-state index in [0.717, 1.165) is 10.7 Å². The number of nitrogens with zero attached hydrogens (tertiary/aromatic N) is 2. The molecule has 110 valence electrons. The molecule has 1 atom stereocenters. The molecule has 0 bridgehead atoms. The summed E-state index contributed by atoms with van der Waals surface area (Å²) in [4.78, 5) is 8.84. The smallest absolute Gasteiger partial charge is 0.142 e. The fourth-order valence-corrected chi connectivity index (χ4v) is 2.86.